The van der Waals surface area contributed by atoms with Crippen LogP contribution in [0.15, 0.2) is 41.3 Å². The number of amides is 4. The van der Waals surface area contributed by atoms with Gasteiger partial charge in [0.1, 0.15) is 25.4 Å². The molecule has 0 aromatic heterocycles. The second-order valence-corrected chi connectivity index (χ2v) is 11.5. The second kappa shape index (κ2) is 8.80. The van der Waals surface area contributed by atoms with Crippen molar-refractivity contribution in [1.29, 1.82) is 0 Å². The maximum atomic E-state index is 13.5. The Morgan fingerprint density at radius 3 is 2.47 bits per heavy atom. The molecule has 178 valence electrons. The molecule has 2 aliphatic rings. The smallest absolute Gasteiger partial charge is 0.262 e. The molecular weight excluding hydrogens is 478 g/mol. The minimum absolute atomic E-state index is 0.0337. The van der Waals surface area contributed by atoms with E-state index in [4.69, 9.17) is 15.9 Å². The van der Waals surface area contributed by atoms with Gasteiger partial charge in [-0.2, -0.15) is 0 Å². The first kappa shape index (κ1) is 23.8. The summed E-state index contributed by atoms with van der Waals surface area (Å²) in [6.07, 6.45) is -0.0631. The van der Waals surface area contributed by atoms with Crippen LogP contribution in [0.25, 0.3) is 0 Å². The van der Waals surface area contributed by atoms with E-state index in [1.807, 2.05) is 20.8 Å². The van der Waals surface area contributed by atoms with Gasteiger partial charge in [-0.15, -0.1) is 0 Å². The van der Waals surface area contributed by atoms with E-state index in [1.165, 1.54) is 18.2 Å². The SMILES string of the molecule is Cc1ccc(S(=O)(=S)Nc2ccc3c(c2)C(=O)N(C2CCC(=O)NC2=O)C3=O)c(OC(C)C)c1. The Kier molecular flexibility index (Phi) is 6.17. The van der Waals surface area contributed by atoms with Gasteiger partial charge in [0.15, 0.2) is 0 Å². The van der Waals surface area contributed by atoms with E-state index in [9.17, 15) is 23.4 Å². The maximum Gasteiger partial charge on any atom is 0.262 e. The minimum atomic E-state index is -3.26. The van der Waals surface area contributed by atoms with Crippen LogP contribution in [0.4, 0.5) is 5.69 Å². The number of fused-ring (bicyclic) bond motifs is 1. The molecule has 1 saturated heterocycles. The van der Waals surface area contributed by atoms with Gasteiger partial charge in [-0.05, 0) is 63.1 Å². The Balaban J connectivity index is 1.63. The summed E-state index contributed by atoms with van der Waals surface area (Å²) < 4.78 is 22.1. The fraction of sp³-hybridized carbons (Fsp3) is 0.304. The summed E-state index contributed by atoms with van der Waals surface area (Å²) in [4.78, 5) is 50.7. The lowest BCUT2D eigenvalue weighted by molar-refractivity contribution is -0.136. The van der Waals surface area contributed by atoms with Crippen molar-refractivity contribution in [2.75, 3.05) is 4.72 Å². The van der Waals surface area contributed by atoms with E-state index in [0.29, 0.717) is 10.6 Å². The number of hydrogen-bond donors (Lipinski definition) is 2. The number of piperidine rings is 1. The molecule has 1 fully saturated rings. The molecule has 0 bridgehead atoms. The van der Waals surface area contributed by atoms with Crippen LogP contribution in [-0.2, 0) is 29.5 Å². The van der Waals surface area contributed by atoms with Crippen molar-refractivity contribution in [3.63, 3.8) is 0 Å². The highest BCUT2D eigenvalue weighted by atomic mass is 32.8. The molecule has 9 nitrogen and oxygen atoms in total. The summed E-state index contributed by atoms with van der Waals surface area (Å²) in [6, 6.07) is 8.43. The molecule has 0 aliphatic carbocycles. The molecule has 34 heavy (non-hydrogen) atoms. The summed E-state index contributed by atoms with van der Waals surface area (Å²) >= 11 is 5.40. The third kappa shape index (κ3) is 4.40. The lowest BCUT2D eigenvalue weighted by atomic mass is 10.0. The summed E-state index contributed by atoms with van der Waals surface area (Å²) in [5.41, 5.74) is 1.38. The molecule has 0 radical (unpaired) electrons. The van der Waals surface area contributed by atoms with Crippen LogP contribution in [-0.4, -0.2) is 44.9 Å². The first-order valence-electron chi connectivity index (χ1n) is 10.6. The van der Waals surface area contributed by atoms with Crippen molar-refractivity contribution < 1.29 is 28.1 Å². The van der Waals surface area contributed by atoms with E-state index in [-0.39, 0.29) is 35.8 Å². The molecule has 2 unspecified atom stereocenters. The molecule has 2 heterocycles. The van der Waals surface area contributed by atoms with Crippen LogP contribution in [0.1, 0.15) is 53.0 Å². The average Bonchev–Trinajstić information content (AvgIpc) is 2.97. The number of imide groups is 2. The number of nitrogens with zero attached hydrogens (tertiary/aromatic N) is 1. The van der Waals surface area contributed by atoms with Gasteiger partial charge in [-0.1, -0.05) is 6.07 Å². The number of benzene rings is 2. The van der Waals surface area contributed by atoms with Crippen molar-refractivity contribution in [3.05, 3.63) is 53.1 Å². The molecule has 4 amide bonds. The van der Waals surface area contributed by atoms with Gasteiger partial charge in [-0.25, -0.2) is 4.21 Å². The van der Waals surface area contributed by atoms with Gasteiger partial charge >= 0.3 is 0 Å². The third-order valence-electron chi connectivity index (χ3n) is 5.44. The molecule has 2 aromatic rings. The Hall–Kier alpha value is -3.31. The monoisotopic (exact) mass is 501 g/mol. The Morgan fingerprint density at radius 1 is 1.09 bits per heavy atom. The van der Waals surface area contributed by atoms with Gasteiger partial charge in [0.05, 0.1) is 17.2 Å². The largest absolute Gasteiger partial charge is 0.490 e. The number of ether oxygens (including phenoxy) is 1. The van der Waals surface area contributed by atoms with E-state index in [2.05, 4.69) is 10.0 Å². The Bertz CT molecular complexity index is 1340. The molecule has 2 aromatic carbocycles. The summed E-state index contributed by atoms with van der Waals surface area (Å²) in [6.45, 7) is 5.58. The zero-order chi connectivity index (χ0) is 24.8. The van der Waals surface area contributed by atoms with Crippen molar-refractivity contribution in [2.45, 2.75) is 50.7 Å². The summed E-state index contributed by atoms with van der Waals surface area (Å²) in [7, 11) is -3.26. The maximum absolute atomic E-state index is 13.5. The highest BCUT2D eigenvalue weighted by Crippen LogP contribution is 2.32. The summed E-state index contributed by atoms with van der Waals surface area (Å²) in [5.74, 6) is -2.00. The lowest BCUT2D eigenvalue weighted by Gasteiger charge is -2.27. The van der Waals surface area contributed by atoms with Crippen molar-refractivity contribution in [2.24, 2.45) is 0 Å². The van der Waals surface area contributed by atoms with Crippen LogP contribution < -0.4 is 14.8 Å². The van der Waals surface area contributed by atoms with E-state index < -0.39 is 38.3 Å². The van der Waals surface area contributed by atoms with Crippen LogP contribution in [0.2, 0.25) is 0 Å². The number of nitrogens with one attached hydrogen (secondary N) is 2. The standard InChI is InChI=1S/C23H23N3O6S2/c1-12(2)32-18-10-13(3)4-8-19(18)34(31,33)25-14-5-6-15-16(11-14)23(30)26(22(15)29)17-7-9-20(27)24-21(17)28/h4-6,8,10-12,17,25H,7,9H2,1-3H3,(H,24,27,28). The van der Waals surface area contributed by atoms with Crippen molar-refractivity contribution in [3.8, 4) is 5.75 Å². The predicted molar refractivity (Wildman–Crippen MR) is 127 cm³/mol. The quantitative estimate of drug-likeness (QED) is 0.583. The lowest BCUT2D eigenvalue weighted by Crippen LogP contribution is -2.54. The van der Waals surface area contributed by atoms with Crippen LogP contribution in [0, 0.1) is 6.92 Å². The average molecular weight is 502 g/mol. The highest BCUT2D eigenvalue weighted by Gasteiger charge is 2.44. The normalized spacial score (nSPS) is 19.6. The van der Waals surface area contributed by atoms with Gasteiger partial charge in [-0.3, -0.25) is 29.4 Å². The fourth-order valence-electron chi connectivity index (χ4n) is 3.93. The van der Waals surface area contributed by atoms with Gasteiger partial charge in [0, 0.05) is 23.3 Å². The van der Waals surface area contributed by atoms with Crippen LogP contribution in [0.5, 0.6) is 5.75 Å². The molecule has 0 spiro atoms. The second-order valence-electron chi connectivity index (χ2n) is 8.43. The van der Waals surface area contributed by atoms with Gasteiger partial charge in [0.2, 0.25) is 11.8 Å². The van der Waals surface area contributed by atoms with Crippen LogP contribution >= 0.6 is 0 Å². The van der Waals surface area contributed by atoms with Crippen LogP contribution in [0.3, 0.4) is 0 Å². The first-order valence-corrected chi connectivity index (χ1v) is 13.1. The topological polar surface area (TPSA) is 122 Å². The van der Waals surface area contributed by atoms with Crippen molar-refractivity contribution >= 4 is 49.2 Å². The Labute approximate surface area is 201 Å². The third-order valence-corrected chi connectivity index (χ3v) is 7.65. The number of aryl methyl sites for hydroxylation is 1. The zero-order valence-corrected chi connectivity index (χ0v) is 20.4. The summed E-state index contributed by atoms with van der Waals surface area (Å²) in [5, 5.41) is 2.16. The first-order chi connectivity index (χ1) is 16.0. The molecule has 4 rings (SSSR count). The predicted octanol–water partition coefficient (Wildman–Crippen LogP) is 2.32. The molecular formula is C23H23N3O6S2. The number of rotatable bonds is 6. The highest BCUT2D eigenvalue weighted by molar-refractivity contribution is 8.33. The molecule has 11 heteroatoms. The fourth-order valence-corrected chi connectivity index (χ4v) is 5.80. The molecule has 0 saturated carbocycles. The van der Waals surface area contributed by atoms with E-state index in [1.54, 1.807) is 18.2 Å². The van der Waals surface area contributed by atoms with Gasteiger partial charge in [0.25, 0.3) is 11.8 Å². The zero-order valence-electron chi connectivity index (χ0n) is 18.7. The van der Waals surface area contributed by atoms with Crippen molar-refractivity contribution in [1.82, 2.24) is 10.2 Å². The number of hydrogen-bond acceptors (Lipinski definition) is 7. The minimum Gasteiger partial charge on any atom is -0.490 e. The number of anilines is 1. The van der Waals surface area contributed by atoms with E-state index in [0.717, 1.165) is 10.5 Å². The Morgan fingerprint density at radius 2 is 1.79 bits per heavy atom. The number of carbonyl (C=O) groups excluding carboxylic acids is 4. The van der Waals surface area contributed by atoms with Gasteiger partial charge < -0.3 is 9.46 Å². The molecule has 2 N–H and O–H groups in total. The van der Waals surface area contributed by atoms with E-state index >= 15 is 0 Å². The molecule has 2 atom stereocenters. The molecule has 2 aliphatic heterocycles. The number of carbonyl (C=O) groups is 4.